The summed E-state index contributed by atoms with van der Waals surface area (Å²) in [6.07, 6.45) is -0.0665. The Bertz CT molecular complexity index is 1230. The maximum absolute atomic E-state index is 13.6. The summed E-state index contributed by atoms with van der Waals surface area (Å²) in [7, 11) is 1.54. The maximum atomic E-state index is 13.6. The minimum Gasteiger partial charge on any atom is -0.495 e. The first kappa shape index (κ1) is 23.7. The van der Waals surface area contributed by atoms with Crippen LogP contribution in [0.5, 0.6) is 5.75 Å². The smallest absolute Gasteiger partial charge is 0.256 e. The lowest BCUT2D eigenvalue weighted by atomic mass is 10.1. The summed E-state index contributed by atoms with van der Waals surface area (Å²) < 4.78 is 5.46. The van der Waals surface area contributed by atoms with Gasteiger partial charge in [0.2, 0.25) is 5.91 Å². The van der Waals surface area contributed by atoms with Crippen LogP contribution in [-0.4, -0.2) is 35.0 Å². The van der Waals surface area contributed by atoms with Gasteiger partial charge in [0.05, 0.1) is 19.2 Å². The standard InChI is InChI=1S/C26H24ClN3O3S/c1-17-11-13-19(14-12-17)28-24(31)15-22-25(32)30(21-9-5-6-10-23(21)33-2)26(34)29(22)16-18-7-3-4-8-20(18)27/h3-14,22H,15-16H2,1-2H3,(H,28,31)/t22-/m0/s1. The molecule has 1 aliphatic heterocycles. The Balaban J connectivity index is 1.64. The highest BCUT2D eigenvalue weighted by Gasteiger charge is 2.45. The average Bonchev–Trinajstić information content (AvgIpc) is 3.05. The van der Waals surface area contributed by atoms with E-state index in [4.69, 9.17) is 28.6 Å². The van der Waals surface area contributed by atoms with Crippen LogP contribution in [0.25, 0.3) is 0 Å². The Morgan fingerprint density at radius 3 is 2.44 bits per heavy atom. The molecule has 3 aromatic carbocycles. The van der Waals surface area contributed by atoms with Crippen LogP contribution in [0.4, 0.5) is 11.4 Å². The number of carbonyl (C=O) groups excluding carboxylic acids is 2. The molecule has 0 unspecified atom stereocenters. The largest absolute Gasteiger partial charge is 0.495 e. The number of nitrogens with zero attached hydrogens (tertiary/aromatic N) is 2. The molecule has 1 aliphatic rings. The van der Waals surface area contributed by atoms with E-state index in [0.717, 1.165) is 11.1 Å². The third-order valence-corrected chi connectivity index (χ3v) is 6.44. The molecule has 1 atom stereocenters. The number of halogens is 1. The number of thiocarbonyl (C=S) groups is 1. The summed E-state index contributed by atoms with van der Waals surface area (Å²) in [5, 5.41) is 3.73. The van der Waals surface area contributed by atoms with Crippen molar-refractivity contribution in [3.8, 4) is 5.75 Å². The van der Waals surface area contributed by atoms with Gasteiger partial charge in [-0.3, -0.25) is 14.5 Å². The Labute approximate surface area is 209 Å². The van der Waals surface area contributed by atoms with Crippen molar-refractivity contribution >= 4 is 52.1 Å². The molecule has 1 fully saturated rings. The number of methoxy groups -OCH3 is 1. The van der Waals surface area contributed by atoms with Gasteiger partial charge in [-0.2, -0.15) is 0 Å². The first-order valence-electron chi connectivity index (χ1n) is 10.8. The average molecular weight is 494 g/mol. The van der Waals surface area contributed by atoms with E-state index in [2.05, 4.69) is 5.32 Å². The van der Waals surface area contributed by atoms with Crippen molar-refractivity contribution in [2.45, 2.75) is 25.9 Å². The molecule has 1 saturated heterocycles. The van der Waals surface area contributed by atoms with E-state index in [9.17, 15) is 9.59 Å². The predicted octanol–water partition coefficient (Wildman–Crippen LogP) is 5.19. The minimum absolute atomic E-state index is 0.0665. The molecule has 1 heterocycles. The summed E-state index contributed by atoms with van der Waals surface area (Å²) in [5.74, 6) is -0.0581. The quantitative estimate of drug-likeness (QED) is 0.459. The van der Waals surface area contributed by atoms with Crippen molar-refractivity contribution < 1.29 is 14.3 Å². The van der Waals surface area contributed by atoms with Crippen molar-refractivity contribution in [1.29, 1.82) is 0 Å². The van der Waals surface area contributed by atoms with Gasteiger partial charge in [0.25, 0.3) is 5.91 Å². The number of para-hydroxylation sites is 2. The zero-order valence-corrected chi connectivity index (χ0v) is 20.4. The maximum Gasteiger partial charge on any atom is 0.256 e. The lowest BCUT2D eigenvalue weighted by molar-refractivity contribution is -0.124. The van der Waals surface area contributed by atoms with E-state index in [0.29, 0.717) is 33.8 Å². The van der Waals surface area contributed by atoms with Gasteiger partial charge in [0.15, 0.2) is 5.11 Å². The van der Waals surface area contributed by atoms with E-state index >= 15 is 0 Å². The van der Waals surface area contributed by atoms with Crippen molar-refractivity contribution in [2.75, 3.05) is 17.3 Å². The zero-order chi connectivity index (χ0) is 24.2. The van der Waals surface area contributed by atoms with Gasteiger partial charge in [0.1, 0.15) is 11.8 Å². The fourth-order valence-corrected chi connectivity index (χ4v) is 4.46. The fourth-order valence-electron chi connectivity index (χ4n) is 3.88. The number of hydrogen-bond acceptors (Lipinski definition) is 4. The fraction of sp³-hybridized carbons (Fsp3) is 0.192. The predicted molar refractivity (Wildman–Crippen MR) is 138 cm³/mol. The van der Waals surface area contributed by atoms with Crippen LogP contribution in [0.1, 0.15) is 17.5 Å². The Kier molecular flexibility index (Phi) is 7.14. The van der Waals surface area contributed by atoms with Crippen LogP contribution in [0.2, 0.25) is 5.02 Å². The Morgan fingerprint density at radius 1 is 1.06 bits per heavy atom. The van der Waals surface area contributed by atoms with E-state index in [1.807, 2.05) is 61.5 Å². The normalized spacial score (nSPS) is 15.6. The molecule has 0 saturated carbocycles. The number of amides is 2. The second-order valence-electron chi connectivity index (χ2n) is 7.98. The van der Waals surface area contributed by atoms with Crippen LogP contribution in [0.15, 0.2) is 72.8 Å². The molecule has 0 aromatic heterocycles. The van der Waals surface area contributed by atoms with Crippen LogP contribution in [-0.2, 0) is 16.1 Å². The number of anilines is 2. The van der Waals surface area contributed by atoms with E-state index in [-0.39, 0.29) is 18.2 Å². The summed E-state index contributed by atoms with van der Waals surface area (Å²) in [5.41, 5.74) is 3.10. The van der Waals surface area contributed by atoms with Gasteiger partial charge in [-0.25, -0.2) is 0 Å². The Morgan fingerprint density at radius 2 is 1.74 bits per heavy atom. The first-order valence-corrected chi connectivity index (χ1v) is 11.5. The van der Waals surface area contributed by atoms with Gasteiger partial charge in [-0.05, 0) is 55.0 Å². The molecule has 0 radical (unpaired) electrons. The van der Waals surface area contributed by atoms with Crippen molar-refractivity contribution in [3.05, 3.63) is 88.9 Å². The number of benzene rings is 3. The van der Waals surface area contributed by atoms with E-state index < -0.39 is 6.04 Å². The minimum atomic E-state index is -0.792. The summed E-state index contributed by atoms with van der Waals surface area (Å²) in [6.45, 7) is 2.27. The molecule has 8 heteroatoms. The first-order chi connectivity index (χ1) is 16.4. The molecule has 174 valence electrons. The SMILES string of the molecule is COc1ccccc1N1C(=O)[C@H](CC(=O)Nc2ccc(C)cc2)N(Cc2ccccc2Cl)C1=S. The highest BCUT2D eigenvalue weighted by atomic mass is 35.5. The van der Waals surface area contributed by atoms with Crippen LogP contribution in [0.3, 0.4) is 0 Å². The third-order valence-electron chi connectivity index (χ3n) is 5.66. The van der Waals surface area contributed by atoms with Crippen LogP contribution < -0.4 is 15.0 Å². The number of hydrogen-bond donors (Lipinski definition) is 1. The lowest BCUT2D eigenvalue weighted by Gasteiger charge is -2.24. The molecule has 2 amide bonds. The second-order valence-corrected chi connectivity index (χ2v) is 8.75. The second kappa shape index (κ2) is 10.2. The number of carbonyl (C=O) groups is 2. The van der Waals surface area contributed by atoms with Gasteiger partial charge in [-0.15, -0.1) is 0 Å². The van der Waals surface area contributed by atoms with Gasteiger partial charge in [0, 0.05) is 17.3 Å². The molecule has 1 N–H and O–H groups in total. The highest BCUT2D eigenvalue weighted by Crippen LogP contribution is 2.35. The van der Waals surface area contributed by atoms with E-state index in [1.54, 1.807) is 23.1 Å². The summed E-state index contributed by atoms with van der Waals surface area (Å²) in [6, 6.07) is 21.2. The summed E-state index contributed by atoms with van der Waals surface area (Å²) >= 11 is 12.1. The number of aryl methyl sites for hydroxylation is 1. The number of rotatable bonds is 7. The molecule has 34 heavy (non-hydrogen) atoms. The van der Waals surface area contributed by atoms with Gasteiger partial charge in [-0.1, -0.05) is 59.6 Å². The molecule has 0 spiro atoms. The molecular weight excluding hydrogens is 470 g/mol. The highest BCUT2D eigenvalue weighted by molar-refractivity contribution is 7.80. The molecule has 0 bridgehead atoms. The van der Waals surface area contributed by atoms with Gasteiger partial charge >= 0.3 is 0 Å². The lowest BCUT2D eigenvalue weighted by Crippen LogP contribution is -2.37. The number of ether oxygens (including phenoxy) is 1. The molecule has 4 rings (SSSR count). The van der Waals surface area contributed by atoms with Gasteiger partial charge < -0.3 is 15.0 Å². The molecular formula is C26H24ClN3O3S. The monoisotopic (exact) mass is 493 g/mol. The third kappa shape index (κ3) is 4.90. The molecule has 3 aromatic rings. The zero-order valence-electron chi connectivity index (χ0n) is 18.8. The van der Waals surface area contributed by atoms with Crippen molar-refractivity contribution in [3.63, 3.8) is 0 Å². The molecule has 0 aliphatic carbocycles. The topological polar surface area (TPSA) is 61.9 Å². The number of nitrogens with one attached hydrogen (secondary N) is 1. The van der Waals surface area contributed by atoms with Crippen LogP contribution in [0, 0.1) is 6.92 Å². The van der Waals surface area contributed by atoms with Crippen molar-refractivity contribution in [1.82, 2.24) is 4.90 Å². The Hall–Kier alpha value is -3.42. The van der Waals surface area contributed by atoms with Crippen molar-refractivity contribution in [2.24, 2.45) is 0 Å². The van der Waals surface area contributed by atoms with Crippen LogP contribution >= 0.6 is 23.8 Å². The summed E-state index contributed by atoms with van der Waals surface area (Å²) in [4.78, 5) is 29.8. The van der Waals surface area contributed by atoms with E-state index in [1.165, 1.54) is 12.0 Å². The molecule has 6 nitrogen and oxygen atoms in total.